The van der Waals surface area contributed by atoms with E-state index in [1.54, 1.807) is 19.5 Å². The van der Waals surface area contributed by atoms with E-state index in [-0.39, 0.29) is 6.04 Å². The van der Waals surface area contributed by atoms with Gasteiger partial charge < -0.3 is 19.7 Å². The zero-order valence-corrected chi connectivity index (χ0v) is 12.7. The third kappa shape index (κ3) is 3.25. The van der Waals surface area contributed by atoms with Gasteiger partial charge >= 0.3 is 0 Å². The molecule has 2 saturated heterocycles. The van der Waals surface area contributed by atoms with E-state index >= 15 is 0 Å². The Labute approximate surface area is 125 Å². The van der Waals surface area contributed by atoms with E-state index in [1.165, 1.54) is 0 Å². The zero-order valence-electron chi connectivity index (χ0n) is 12.7. The highest BCUT2D eigenvalue weighted by Gasteiger charge is 2.35. The van der Waals surface area contributed by atoms with Crippen molar-refractivity contribution in [3.8, 4) is 5.88 Å². The second-order valence-electron chi connectivity index (χ2n) is 5.61. The van der Waals surface area contributed by atoms with E-state index in [0.717, 1.165) is 32.8 Å². The summed E-state index contributed by atoms with van der Waals surface area (Å²) in [5.41, 5.74) is 0. The van der Waals surface area contributed by atoms with Gasteiger partial charge in [0.05, 0.1) is 32.4 Å². The Morgan fingerprint density at radius 3 is 2.71 bits per heavy atom. The van der Waals surface area contributed by atoms with Crippen molar-refractivity contribution >= 4 is 5.82 Å². The predicted octanol–water partition coefficient (Wildman–Crippen LogP) is -0.0881. The minimum atomic E-state index is 0.221. The number of likely N-dealkylation sites (N-methyl/N-ethyl adjacent to an activating group) is 1. The molecule has 0 radical (unpaired) electrons. The number of aromatic nitrogens is 2. The first-order valence-corrected chi connectivity index (χ1v) is 7.40. The second-order valence-corrected chi connectivity index (χ2v) is 5.61. The standard InChI is InChI=1S/C14H23N5O2/c1-18-5-7-19(8-6-18)12-10-21-9-11(12)17-13-14(20-2)16-4-3-15-13/h3-4,11-12H,5-10H2,1-2H3,(H,15,17)/t11-,12-/m0/s1. The smallest absolute Gasteiger partial charge is 0.257 e. The van der Waals surface area contributed by atoms with Crippen LogP contribution < -0.4 is 10.1 Å². The summed E-state index contributed by atoms with van der Waals surface area (Å²) in [4.78, 5) is 13.4. The van der Waals surface area contributed by atoms with Gasteiger partial charge in [-0.2, -0.15) is 0 Å². The number of piperazine rings is 1. The molecule has 1 N–H and O–H groups in total. The van der Waals surface area contributed by atoms with Crippen LogP contribution in [-0.2, 0) is 4.74 Å². The van der Waals surface area contributed by atoms with E-state index in [4.69, 9.17) is 9.47 Å². The molecule has 0 aliphatic carbocycles. The van der Waals surface area contributed by atoms with Crippen LogP contribution in [0.3, 0.4) is 0 Å². The summed E-state index contributed by atoms with van der Waals surface area (Å²) in [6.45, 7) is 5.84. The Hall–Kier alpha value is -1.44. The molecule has 1 aromatic rings. The molecule has 1 aromatic heterocycles. The summed E-state index contributed by atoms with van der Waals surface area (Å²) < 4.78 is 10.9. The molecule has 0 unspecified atom stereocenters. The number of methoxy groups -OCH3 is 1. The van der Waals surface area contributed by atoms with Crippen LogP contribution in [-0.4, -0.2) is 85.4 Å². The molecular weight excluding hydrogens is 270 g/mol. The zero-order chi connectivity index (χ0) is 14.7. The average Bonchev–Trinajstić information content (AvgIpc) is 2.97. The first kappa shape index (κ1) is 14.5. The summed E-state index contributed by atoms with van der Waals surface area (Å²) in [5.74, 6) is 1.22. The molecule has 21 heavy (non-hydrogen) atoms. The highest BCUT2D eigenvalue weighted by Crippen LogP contribution is 2.23. The van der Waals surface area contributed by atoms with E-state index in [0.29, 0.717) is 24.3 Å². The largest absolute Gasteiger partial charge is 0.478 e. The number of anilines is 1. The molecule has 2 atom stereocenters. The van der Waals surface area contributed by atoms with E-state index in [2.05, 4.69) is 32.1 Å². The summed E-state index contributed by atoms with van der Waals surface area (Å²) in [5, 5.41) is 3.44. The number of nitrogens with zero attached hydrogens (tertiary/aromatic N) is 4. The normalized spacial score (nSPS) is 27.7. The number of hydrogen-bond donors (Lipinski definition) is 1. The molecule has 0 aromatic carbocycles. The molecule has 2 aliphatic rings. The van der Waals surface area contributed by atoms with Gasteiger partial charge in [0.2, 0.25) is 0 Å². The fourth-order valence-electron chi connectivity index (χ4n) is 2.94. The second kappa shape index (κ2) is 6.55. The SMILES string of the molecule is COc1nccnc1N[C@H]1COC[C@@H]1N1CCN(C)CC1. The van der Waals surface area contributed by atoms with Gasteiger partial charge in [0.25, 0.3) is 5.88 Å². The van der Waals surface area contributed by atoms with Crippen LogP contribution >= 0.6 is 0 Å². The van der Waals surface area contributed by atoms with Crippen LogP contribution in [0.4, 0.5) is 5.82 Å². The third-order valence-corrected chi connectivity index (χ3v) is 4.24. The number of hydrogen-bond acceptors (Lipinski definition) is 7. The Morgan fingerprint density at radius 2 is 1.95 bits per heavy atom. The van der Waals surface area contributed by atoms with Crippen LogP contribution in [0.15, 0.2) is 12.4 Å². The number of ether oxygens (including phenoxy) is 2. The molecule has 3 rings (SSSR count). The molecule has 0 amide bonds. The van der Waals surface area contributed by atoms with Gasteiger partial charge in [-0.3, -0.25) is 4.90 Å². The maximum absolute atomic E-state index is 5.69. The molecule has 2 aliphatic heterocycles. The summed E-state index contributed by atoms with van der Waals surface area (Å²) >= 11 is 0. The quantitative estimate of drug-likeness (QED) is 0.832. The van der Waals surface area contributed by atoms with Gasteiger partial charge in [-0.1, -0.05) is 0 Å². The lowest BCUT2D eigenvalue weighted by atomic mass is 10.1. The molecule has 7 nitrogen and oxygen atoms in total. The van der Waals surface area contributed by atoms with Crippen LogP contribution in [0.1, 0.15) is 0 Å². The first-order chi connectivity index (χ1) is 10.3. The fourth-order valence-corrected chi connectivity index (χ4v) is 2.94. The minimum absolute atomic E-state index is 0.221. The van der Waals surface area contributed by atoms with E-state index in [9.17, 15) is 0 Å². The molecule has 0 saturated carbocycles. The van der Waals surface area contributed by atoms with E-state index in [1.807, 2.05) is 0 Å². The molecule has 116 valence electrons. The Bertz CT molecular complexity index is 464. The van der Waals surface area contributed by atoms with Crippen molar-refractivity contribution < 1.29 is 9.47 Å². The van der Waals surface area contributed by atoms with Crippen molar-refractivity contribution in [2.75, 3.05) is 58.9 Å². The highest BCUT2D eigenvalue weighted by molar-refractivity contribution is 5.46. The van der Waals surface area contributed by atoms with Crippen LogP contribution in [0.5, 0.6) is 5.88 Å². The van der Waals surface area contributed by atoms with E-state index < -0.39 is 0 Å². The van der Waals surface area contributed by atoms with Gasteiger partial charge in [-0.05, 0) is 7.05 Å². The summed E-state index contributed by atoms with van der Waals surface area (Å²) in [6, 6.07) is 0.601. The summed E-state index contributed by atoms with van der Waals surface area (Å²) in [6.07, 6.45) is 3.30. The lowest BCUT2D eigenvalue weighted by Crippen LogP contribution is -2.54. The summed E-state index contributed by atoms with van der Waals surface area (Å²) in [7, 11) is 3.78. The average molecular weight is 293 g/mol. The number of rotatable bonds is 4. The third-order valence-electron chi connectivity index (χ3n) is 4.24. The topological polar surface area (TPSA) is 62.8 Å². The van der Waals surface area contributed by atoms with Crippen molar-refractivity contribution in [1.29, 1.82) is 0 Å². The van der Waals surface area contributed by atoms with Crippen molar-refractivity contribution in [3.63, 3.8) is 0 Å². The van der Waals surface area contributed by atoms with Gasteiger partial charge in [-0.25, -0.2) is 9.97 Å². The Balaban J connectivity index is 1.66. The lowest BCUT2D eigenvalue weighted by Gasteiger charge is -2.38. The lowest BCUT2D eigenvalue weighted by molar-refractivity contribution is 0.0948. The molecule has 7 heteroatoms. The maximum atomic E-state index is 5.69. The van der Waals surface area contributed by atoms with Crippen molar-refractivity contribution in [2.24, 2.45) is 0 Å². The molecular formula is C14H23N5O2. The number of nitrogens with one attached hydrogen (secondary N) is 1. The predicted molar refractivity (Wildman–Crippen MR) is 79.7 cm³/mol. The molecule has 2 fully saturated rings. The van der Waals surface area contributed by atoms with Crippen molar-refractivity contribution in [3.05, 3.63) is 12.4 Å². The van der Waals surface area contributed by atoms with Crippen molar-refractivity contribution in [1.82, 2.24) is 19.8 Å². The van der Waals surface area contributed by atoms with Gasteiger partial charge in [-0.15, -0.1) is 0 Å². The molecule has 3 heterocycles. The van der Waals surface area contributed by atoms with Crippen molar-refractivity contribution in [2.45, 2.75) is 12.1 Å². The van der Waals surface area contributed by atoms with Gasteiger partial charge in [0.15, 0.2) is 5.82 Å². The van der Waals surface area contributed by atoms with Gasteiger partial charge in [0, 0.05) is 38.6 Å². The van der Waals surface area contributed by atoms with Crippen LogP contribution in [0.2, 0.25) is 0 Å². The minimum Gasteiger partial charge on any atom is -0.478 e. The fraction of sp³-hybridized carbons (Fsp3) is 0.714. The Kier molecular flexibility index (Phi) is 4.52. The highest BCUT2D eigenvalue weighted by atomic mass is 16.5. The monoisotopic (exact) mass is 293 g/mol. The first-order valence-electron chi connectivity index (χ1n) is 7.40. The van der Waals surface area contributed by atoms with Crippen LogP contribution in [0, 0.1) is 0 Å². The Morgan fingerprint density at radius 1 is 1.19 bits per heavy atom. The molecule has 0 bridgehead atoms. The maximum Gasteiger partial charge on any atom is 0.257 e. The van der Waals surface area contributed by atoms with Gasteiger partial charge in [0.1, 0.15) is 0 Å². The molecule has 0 spiro atoms. The van der Waals surface area contributed by atoms with Crippen LogP contribution in [0.25, 0.3) is 0 Å².